The molecule has 2 rings (SSSR count). The van der Waals surface area contributed by atoms with Crippen LogP contribution >= 0.6 is 0 Å². The summed E-state index contributed by atoms with van der Waals surface area (Å²) in [5, 5.41) is 4.58. The van der Waals surface area contributed by atoms with Gasteiger partial charge in [0.1, 0.15) is 5.82 Å². The van der Waals surface area contributed by atoms with Gasteiger partial charge in [0.2, 0.25) is 0 Å². The molecule has 0 saturated heterocycles. The Balaban J connectivity index is 2.46. The fourth-order valence-electron chi connectivity index (χ4n) is 1.68. The van der Waals surface area contributed by atoms with Gasteiger partial charge in [-0.25, -0.2) is 9.07 Å². The highest BCUT2D eigenvalue weighted by Gasteiger charge is 2.18. The SMILES string of the molecule is Cc1cc(C(C)(C)C)nn1-c1ccc(F)cc1. The minimum absolute atomic E-state index is 0.0238. The molecule has 0 aliphatic heterocycles. The Morgan fingerprint density at radius 3 is 2.18 bits per heavy atom. The average molecular weight is 232 g/mol. The van der Waals surface area contributed by atoms with Crippen LogP contribution in [0.5, 0.6) is 0 Å². The summed E-state index contributed by atoms with van der Waals surface area (Å²) in [4.78, 5) is 0. The Labute approximate surface area is 101 Å². The monoisotopic (exact) mass is 232 g/mol. The van der Waals surface area contributed by atoms with E-state index in [2.05, 4.69) is 31.9 Å². The van der Waals surface area contributed by atoms with Crippen LogP contribution in [0.25, 0.3) is 5.69 Å². The summed E-state index contributed by atoms with van der Waals surface area (Å²) in [6, 6.07) is 8.45. The molecule has 0 aliphatic rings. The molecule has 2 nitrogen and oxygen atoms in total. The third-order valence-electron chi connectivity index (χ3n) is 2.73. The second-order valence-electron chi connectivity index (χ2n) is 5.31. The molecule has 1 aromatic carbocycles. The molecular weight excluding hydrogens is 215 g/mol. The van der Waals surface area contributed by atoms with Gasteiger partial charge in [0.25, 0.3) is 0 Å². The molecule has 1 heterocycles. The molecule has 2 aromatic rings. The van der Waals surface area contributed by atoms with Gasteiger partial charge in [-0.15, -0.1) is 0 Å². The third kappa shape index (κ3) is 2.38. The van der Waals surface area contributed by atoms with Crippen LogP contribution in [0.3, 0.4) is 0 Å². The summed E-state index contributed by atoms with van der Waals surface area (Å²) in [6.07, 6.45) is 0. The van der Waals surface area contributed by atoms with Crippen molar-refractivity contribution >= 4 is 0 Å². The van der Waals surface area contributed by atoms with Crippen molar-refractivity contribution in [3.63, 3.8) is 0 Å². The molecule has 3 heteroatoms. The van der Waals surface area contributed by atoms with E-state index >= 15 is 0 Å². The quantitative estimate of drug-likeness (QED) is 0.734. The average Bonchev–Trinajstić information content (AvgIpc) is 2.61. The van der Waals surface area contributed by atoms with Crippen molar-refractivity contribution in [2.45, 2.75) is 33.1 Å². The van der Waals surface area contributed by atoms with Crippen molar-refractivity contribution in [2.75, 3.05) is 0 Å². The maximum atomic E-state index is 12.9. The van der Waals surface area contributed by atoms with Crippen molar-refractivity contribution in [3.05, 3.63) is 47.5 Å². The second kappa shape index (κ2) is 3.99. The molecule has 0 bridgehead atoms. The van der Waals surface area contributed by atoms with Crippen LogP contribution in [-0.2, 0) is 5.41 Å². The lowest BCUT2D eigenvalue weighted by Gasteiger charge is -2.14. The summed E-state index contributed by atoms with van der Waals surface area (Å²) < 4.78 is 14.7. The van der Waals surface area contributed by atoms with Crippen molar-refractivity contribution in [1.29, 1.82) is 0 Å². The van der Waals surface area contributed by atoms with E-state index in [1.165, 1.54) is 12.1 Å². The van der Waals surface area contributed by atoms with Crippen LogP contribution in [0, 0.1) is 12.7 Å². The summed E-state index contributed by atoms with van der Waals surface area (Å²) in [6.45, 7) is 8.39. The van der Waals surface area contributed by atoms with Crippen LogP contribution in [0.1, 0.15) is 32.2 Å². The van der Waals surface area contributed by atoms with E-state index in [-0.39, 0.29) is 11.2 Å². The highest BCUT2D eigenvalue weighted by molar-refractivity contribution is 5.34. The number of benzene rings is 1. The highest BCUT2D eigenvalue weighted by Crippen LogP contribution is 2.23. The van der Waals surface area contributed by atoms with Crippen LogP contribution < -0.4 is 0 Å². The Kier molecular flexibility index (Phi) is 2.77. The van der Waals surface area contributed by atoms with Crippen LogP contribution in [0.15, 0.2) is 30.3 Å². The fourth-order valence-corrected chi connectivity index (χ4v) is 1.68. The van der Waals surface area contributed by atoms with Crippen LogP contribution in [-0.4, -0.2) is 9.78 Å². The van der Waals surface area contributed by atoms with Gasteiger partial charge >= 0.3 is 0 Å². The molecule has 0 N–H and O–H groups in total. The molecule has 0 saturated carbocycles. The van der Waals surface area contributed by atoms with E-state index in [0.29, 0.717) is 0 Å². The molecule has 0 fully saturated rings. The minimum atomic E-state index is -0.227. The third-order valence-corrected chi connectivity index (χ3v) is 2.73. The number of halogens is 1. The second-order valence-corrected chi connectivity index (χ2v) is 5.31. The van der Waals surface area contributed by atoms with E-state index in [0.717, 1.165) is 17.1 Å². The van der Waals surface area contributed by atoms with E-state index < -0.39 is 0 Å². The first-order valence-corrected chi connectivity index (χ1v) is 5.71. The first kappa shape index (κ1) is 11.8. The minimum Gasteiger partial charge on any atom is -0.238 e. The highest BCUT2D eigenvalue weighted by atomic mass is 19.1. The first-order chi connectivity index (χ1) is 7.88. The zero-order chi connectivity index (χ0) is 12.6. The Morgan fingerprint density at radius 2 is 1.71 bits per heavy atom. The smallest absolute Gasteiger partial charge is 0.123 e. The zero-order valence-corrected chi connectivity index (χ0v) is 10.7. The lowest BCUT2D eigenvalue weighted by molar-refractivity contribution is 0.560. The molecular formula is C14H17FN2. The number of nitrogens with zero attached hydrogens (tertiary/aromatic N) is 2. The normalized spacial score (nSPS) is 11.8. The summed E-state index contributed by atoms with van der Waals surface area (Å²) >= 11 is 0. The number of hydrogen-bond donors (Lipinski definition) is 0. The molecule has 0 radical (unpaired) electrons. The van der Waals surface area contributed by atoms with Crippen LogP contribution in [0.4, 0.5) is 4.39 Å². The van der Waals surface area contributed by atoms with E-state index in [9.17, 15) is 4.39 Å². The van der Waals surface area contributed by atoms with Gasteiger partial charge in [-0.3, -0.25) is 0 Å². The molecule has 0 spiro atoms. The van der Waals surface area contributed by atoms with Crippen molar-refractivity contribution in [2.24, 2.45) is 0 Å². The maximum absolute atomic E-state index is 12.9. The number of aromatic nitrogens is 2. The van der Waals surface area contributed by atoms with Gasteiger partial charge in [-0.2, -0.15) is 5.10 Å². The number of hydrogen-bond acceptors (Lipinski definition) is 1. The predicted molar refractivity (Wildman–Crippen MR) is 67.0 cm³/mol. The Morgan fingerprint density at radius 1 is 1.12 bits per heavy atom. The lowest BCUT2D eigenvalue weighted by Crippen LogP contribution is -2.12. The largest absolute Gasteiger partial charge is 0.238 e. The Bertz CT molecular complexity index is 518. The van der Waals surface area contributed by atoms with Crippen molar-refractivity contribution < 1.29 is 4.39 Å². The van der Waals surface area contributed by atoms with E-state index in [1.807, 2.05) is 11.6 Å². The van der Waals surface area contributed by atoms with Crippen molar-refractivity contribution in [3.8, 4) is 5.69 Å². The molecule has 17 heavy (non-hydrogen) atoms. The van der Waals surface area contributed by atoms with E-state index in [4.69, 9.17) is 0 Å². The van der Waals surface area contributed by atoms with Gasteiger partial charge in [-0.05, 0) is 37.3 Å². The molecule has 1 aromatic heterocycles. The molecule has 0 atom stereocenters. The standard InChI is InChI=1S/C14H17FN2/c1-10-9-13(14(2,3)4)16-17(10)12-7-5-11(15)6-8-12/h5-9H,1-4H3. The summed E-state index contributed by atoms with van der Waals surface area (Å²) in [7, 11) is 0. The molecule has 90 valence electrons. The van der Waals surface area contributed by atoms with Crippen molar-refractivity contribution in [1.82, 2.24) is 9.78 Å². The topological polar surface area (TPSA) is 17.8 Å². The van der Waals surface area contributed by atoms with Gasteiger partial charge < -0.3 is 0 Å². The number of rotatable bonds is 1. The van der Waals surface area contributed by atoms with Crippen LogP contribution in [0.2, 0.25) is 0 Å². The summed E-state index contributed by atoms with van der Waals surface area (Å²) in [5.41, 5.74) is 3.01. The Hall–Kier alpha value is -1.64. The maximum Gasteiger partial charge on any atom is 0.123 e. The fraction of sp³-hybridized carbons (Fsp3) is 0.357. The predicted octanol–water partition coefficient (Wildman–Crippen LogP) is 3.62. The zero-order valence-electron chi connectivity index (χ0n) is 10.7. The lowest BCUT2D eigenvalue weighted by atomic mass is 9.92. The van der Waals surface area contributed by atoms with Gasteiger partial charge in [0.15, 0.2) is 0 Å². The van der Waals surface area contributed by atoms with Gasteiger partial charge in [0, 0.05) is 11.1 Å². The van der Waals surface area contributed by atoms with Gasteiger partial charge in [0.05, 0.1) is 11.4 Å². The first-order valence-electron chi connectivity index (χ1n) is 5.71. The van der Waals surface area contributed by atoms with E-state index in [1.54, 1.807) is 12.1 Å². The van der Waals surface area contributed by atoms with Gasteiger partial charge in [-0.1, -0.05) is 20.8 Å². The molecule has 0 unspecified atom stereocenters. The molecule has 0 amide bonds. The summed E-state index contributed by atoms with van der Waals surface area (Å²) in [5.74, 6) is -0.227. The number of aryl methyl sites for hydroxylation is 1. The molecule has 0 aliphatic carbocycles.